The summed E-state index contributed by atoms with van der Waals surface area (Å²) in [6, 6.07) is 13.7. The summed E-state index contributed by atoms with van der Waals surface area (Å²) in [5, 5.41) is 4.81. The zero-order valence-corrected chi connectivity index (χ0v) is 22.2. The first-order valence-electron chi connectivity index (χ1n) is 13.5. The van der Waals surface area contributed by atoms with Crippen molar-refractivity contribution in [1.82, 2.24) is 20.2 Å². The van der Waals surface area contributed by atoms with Gasteiger partial charge < -0.3 is 24.7 Å². The molecule has 1 saturated carbocycles. The van der Waals surface area contributed by atoms with Gasteiger partial charge in [-0.1, -0.05) is 43.6 Å². The summed E-state index contributed by atoms with van der Waals surface area (Å²) in [5.41, 5.74) is 5.76. The zero-order valence-electron chi connectivity index (χ0n) is 22.2. The fraction of sp³-hybridized carbons (Fsp3) is 0.367. The predicted molar refractivity (Wildman–Crippen MR) is 149 cm³/mol. The second-order valence-corrected chi connectivity index (χ2v) is 11.3. The summed E-state index contributed by atoms with van der Waals surface area (Å²) >= 11 is 0. The molecule has 39 heavy (non-hydrogen) atoms. The van der Waals surface area contributed by atoms with Crippen molar-refractivity contribution in [2.45, 2.75) is 51.4 Å². The Morgan fingerprint density at radius 2 is 2.00 bits per heavy atom. The lowest BCUT2D eigenvalue weighted by Crippen LogP contribution is -2.52. The molecule has 0 bridgehead atoms. The summed E-state index contributed by atoms with van der Waals surface area (Å²) in [7, 11) is 7.30. The van der Waals surface area contributed by atoms with E-state index in [0.29, 0.717) is 12.5 Å². The van der Waals surface area contributed by atoms with Crippen LogP contribution < -0.4 is 15.5 Å². The fourth-order valence-corrected chi connectivity index (χ4v) is 6.36. The van der Waals surface area contributed by atoms with Gasteiger partial charge in [-0.2, -0.15) is 0 Å². The number of amides is 2. The van der Waals surface area contributed by atoms with Crippen LogP contribution >= 0.6 is 0 Å². The maximum Gasteiger partial charge on any atom is 0.407 e. The normalized spacial score (nSPS) is 21.7. The van der Waals surface area contributed by atoms with Crippen molar-refractivity contribution in [2.75, 3.05) is 7.11 Å². The van der Waals surface area contributed by atoms with Crippen molar-refractivity contribution in [1.29, 1.82) is 0 Å². The van der Waals surface area contributed by atoms with Crippen molar-refractivity contribution < 1.29 is 19.1 Å². The van der Waals surface area contributed by atoms with Gasteiger partial charge in [-0.25, -0.2) is 9.78 Å². The number of likely N-dealkylation sites (tertiary alicyclic amines) is 1. The van der Waals surface area contributed by atoms with Gasteiger partial charge in [0.25, 0.3) is 0 Å². The summed E-state index contributed by atoms with van der Waals surface area (Å²) in [6.07, 6.45) is 1.25. The van der Waals surface area contributed by atoms with Gasteiger partial charge in [0.15, 0.2) is 0 Å². The number of hydrogen-bond acceptors (Lipinski definition) is 5. The Labute approximate surface area is 227 Å². The number of H-pyrrole nitrogens is 1. The number of hydrogen-bond donors (Lipinski definition) is 2. The van der Waals surface area contributed by atoms with Crippen LogP contribution in [0.4, 0.5) is 4.79 Å². The van der Waals surface area contributed by atoms with Crippen LogP contribution in [-0.2, 0) is 16.1 Å². The van der Waals surface area contributed by atoms with E-state index in [-0.39, 0.29) is 23.9 Å². The lowest BCUT2D eigenvalue weighted by molar-refractivity contribution is -0.136. The molecule has 2 aliphatic heterocycles. The number of ether oxygens (including phenoxy) is 2. The number of imidazole rings is 1. The number of methoxy groups -OCH3 is 1. The summed E-state index contributed by atoms with van der Waals surface area (Å²) in [6.45, 7) is 4.33. The van der Waals surface area contributed by atoms with E-state index in [0.717, 1.165) is 68.4 Å². The maximum atomic E-state index is 13.8. The molecule has 1 unspecified atom stereocenters. The molecule has 7 rings (SSSR count). The van der Waals surface area contributed by atoms with Crippen LogP contribution in [-0.4, -0.2) is 53.9 Å². The molecular weight excluding hydrogens is 491 g/mol. The molecule has 4 aromatic rings. The number of aromatic nitrogens is 2. The van der Waals surface area contributed by atoms with Crippen LogP contribution in [0, 0.1) is 11.8 Å². The molecule has 4 atom stereocenters. The van der Waals surface area contributed by atoms with E-state index in [1.807, 2.05) is 36.9 Å². The topological polar surface area (TPSA) is 96.6 Å². The van der Waals surface area contributed by atoms with Crippen LogP contribution in [0.3, 0.4) is 0 Å². The van der Waals surface area contributed by atoms with Gasteiger partial charge in [0.05, 0.1) is 24.2 Å². The first-order chi connectivity index (χ1) is 18.8. The van der Waals surface area contributed by atoms with Gasteiger partial charge in [0, 0.05) is 17.0 Å². The van der Waals surface area contributed by atoms with E-state index in [1.165, 1.54) is 7.11 Å². The van der Waals surface area contributed by atoms with E-state index in [4.69, 9.17) is 22.3 Å². The van der Waals surface area contributed by atoms with Crippen LogP contribution in [0.1, 0.15) is 44.1 Å². The minimum atomic E-state index is -0.661. The molecule has 1 saturated heterocycles. The third kappa shape index (κ3) is 3.86. The van der Waals surface area contributed by atoms with Gasteiger partial charge in [-0.3, -0.25) is 4.79 Å². The molecule has 3 heterocycles. The minimum Gasteiger partial charge on any atom is -0.488 e. The Bertz CT molecular complexity index is 1660. The minimum absolute atomic E-state index is 0.0811. The monoisotopic (exact) mass is 520 g/mol. The molecule has 2 N–H and O–H groups in total. The van der Waals surface area contributed by atoms with Crippen molar-refractivity contribution >= 4 is 47.1 Å². The van der Waals surface area contributed by atoms with Crippen molar-refractivity contribution in [3.8, 4) is 16.9 Å². The Kier molecular flexibility index (Phi) is 5.41. The average molecular weight is 520 g/mol. The standard InChI is InChI=1S/C30H29BN4O4/c1-14(2)26(34-30(37)38-3)29(36)35-23-10-16(23)11-24(35)28-32-22-7-4-15-9-21-19-6-5-18(31)8-17(19)13-39-25(21)12-20(15)27(22)33-28/h4-9,12,14,16,23-24,26H,10-11,13H2,1-3H3,(H,32,33)(H,34,37)/t16?,23-,24+,26+/m1/s1. The van der Waals surface area contributed by atoms with Crippen LogP contribution in [0.2, 0.25) is 0 Å². The highest BCUT2D eigenvalue weighted by Gasteiger charge is 2.56. The van der Waals surface area contributed by atoms with E-state index in [2.05, 4.69) is 34.6 Å². The Morgan fingerprint density at radius 3 is 2.79 bits per heavy atom. The molecule has 1 aromatic heterocycles. The number of piperidine rings is 1. The highest BCUT2D eigenvalue weighted by molar-refractivity contribution is 6.32. The number of nitrogens with zero attached hydrogens (tertiary/aromatic N) is 2. The zero-order chi connectivity index (χ0) is 27.0. The number of benzene rings is 3. The second kappa shape index (κ2) is 8.76. The number of nitrogens with one attached hydrogen (secondary N) is 2. The molecule has 3 aromatic carbocycles. The van der Waals surface area contributed by atoms with Gasteiger partial charge in [0.1, 0.15) is 32.1 Å². The molecule has 0 spiro atoms. The molecule has 2 fully saturated rings. The highest BCUT2D eigenvalue weighted by atomic mass is 16.5. The van der Waals surface area contributed by atoms with E-state index in [9.17, 15) is 9.59 Å². The molecule has 1 aliphatic carbocycles. The molecule has 8 nitrogen and oxygen atoms in total. The number of fused-ring (bicyclic) bond motifs is 7. The summed E-state index contributed by atoms with van der Waals surface area (Å²) in [4.78, 5) is 36.2. The highest BCUT2D eigenvalue weighted by Crippen LogP contribution is 2.53. The predicted octanol–water partition coefficient (Wildman–Crippen LogP) is 4.11. The molecule has 3 aliphatic rings. The molecule has 2 amide bonds. The summed E-state index contributed by atoms with van der Waals surface area (Å²) < 4.78 is 10.9. The molecule has 9 heteroatoms. The molecule has 2 radical (unpaired) electrons. The third-order valence-electron chi connectivity index (χ3n) is 8.46. The Morgan fingerprint density at radius 1 is 1.15 bits per heavy atom. The van der Waals surface area contributed by atoms with Gasteiger partial charge in [-0.05, 0) is 59.4 Å². The summed E-state index contributed by atoms with van der Waals surface area (Å²) in [5.74, 6) is 1.90. The first kappa shape index (κ1) is 24.1. The average Bonchev–Trinajstić information content (AvgIpc) is 3.37. The Balaban J connectivity index is 1.26. The maximum absolute atomic E-state index is 13.8. The van der Waals surface area contributed by atoms with Crippen LogP contribution in [0.15, 0.2) is 42.5 Å². The quantitative estimate of drug-likeness (QED) is 0.395. The van der Waals surface area contributed by atoms with Gasteiger partial charge in [-0.15, -0.1) is 0 Å². The first-order valence-corrected chi connectivity index (χ1v) is 13.5. The fourth-order valence-electron chi connectivity index (χ4n) is 6.36. The van der Waals surface area contributed by atoms with E-state index >= 15 is 0 Å². The number of alkyl carbamates (subject to hydrolysis) is 1. The largest absolute Gasteiger partial charge is 0.488 e. The molecular formula is C30H29BN4O4. The van der Waals surface area contributed by atoms with Gasteiger partial charge >= 0.3 is 6.09 Å². The van der Waals surface area contributed by atoms with Crippen LogP contribution in [0.5, 0.6) is 5.75 Å². The Hall–Kier alpha value is -4.01. The van der Waals surface area contributed by atoms with Gasteiger partial charge in [0.2, 0.25) is 5.91 Å². The third-order valence-corrected chi connectivity index (χ3v) is 8.46. The molecule has 196 valence electrons. The number of aromatic amines is 1. The number of carbonyl (C=O) groups is 2. The SMILES string of the molecule is [B]c1ccc2c(c1)COc1cc3c(ccc4[nH]c([C@@H]5CC6C[C@H]6N5C(=O)[C@@H](NC(=O)OC)C(C)C)nc43)cc1-2. The lowest BCUT2D eigenvalue weighted by Gasteiger charge is -2.31. The number of rotatable bonds is 4. The van der Waals surface area contributed by atoms with E-state index in [1.54, 1.807) is 0 Å². The van der Waals surface area contributed by atoms with E-state index < -0.39 is 12.1 Å². The lowest BCUT2D eigenvalue weighted by atomic mass is 9.88. The van der Waals surface area contributed by atoms with Crippen molar-refractivity contribution in [2.24, 2.45) is 11.8 Å². The smallest absolute Gasteiger partial charge is 0.407 e. The van der Waals surface area contributed by atoms with Crippen molar-refractivity contribution in [3.63, 3.8) is 0 Å². The number of carbonyl (C=O) groups excluding carboxylic acids is 2. The van der Waals surface area contributed by atoms with Crippen LogP contribution in [0.25, 0.3) is 32.9 Å². The second-order valence-electron chi connectivity index (χ2n) is 11.3. The van der Waals surface area contributed by atoms with Crippen molar-refractivity contribution in [3.05, 3.63) is 53.9 Å².